The van der Waals surface area contributed by atoms with Gasteiger partial charge < -0.3 is 4.90 Å². The maximum absolute atomic E-state index is 12.3. The third-order valence-corrected chi connectivity index (χ3v) is 3.91. The second-order valence-electron chi connectivity index (χ2n) is 4.44. The van der Waals surface area contributed by atoms with E-state index in [2.05, 4.69) is 4.99 Å². The van der Waals surface area contributed by atoms with Crippen LogP contribution in [0.15, 0.2) is 47.5 Å². The van der Waals surface area contributed by atoms with Crippen LogP contribution in [0.1, 0.15) is 5.56 Å². The van der Waals surface area contributed by atoms with Gasteiger partial charge in [-0.05, 0) is 24.3 Å². The lowest BCUT2D eigenvalue weighted by Crippen LogP contribution is -2.25. The summed E-state index contributed by atoms with van der Waals surface area (Å²) in [6, 6.07) is 12.6. The van der Waals surface area contributed by atoms with Crippen molar-refractivity contribution in [3.05, 3.63) is 58.1 Å². The summed E-state index contributed by atoms with van der Waals surface area (Å²) in [5.74, 6) is -0.128. The number of para-hydroxylation sites is 1. The van der Waals surface area contributed by atoms with Gasteiger partial charge in [-0.25, -0.2) is 4.99 Å². The van der Waals surface area contributed by atoms with Crippen LogP contribution in [0.2, 0.25) is 10.0 Å². The second kappa shape index (κ2) is 4.93. The highest BCUT2D eigenvalue weighted by molar-refractivity contribution is 6.54. The molecule has 0 saturated carbocycles. The Bertz CT molecular complexity index is 740. The lowest BCUT2D eigenvalue weighted by molar-refractivity contribution is -0.111. The summed E-state index contributed by atoms with van der Waals surface area (Å²) < 4.78 is 0. The van der Waals surface area contributed by atoms with Crippen LogP contribution in [0.25, 0.3) is 0 Å². The van der Waals surface area contributed by atoms with Crippen LogP contribution in [0.4, 0.5) is 11.4 Å². The molecule has 2 aromatic carbocycles. The predicted octanol–water partition coefficient (Wildman–Crippen LogP) is 4.09. The highest BCUT2D eigenvalue weighted by Crippen LogP contribution is 2.31. The van der Waals surface area contributed by atoms with Gasteiger partial charge in [-0.1, -0.05) is 41.4 Å². The maximum atomic E-state index is 12.3. The van der Waals surface area contributed by atoms with Gasteiger partial charge in [0.15, 0.2) is 0 Å². The molecule has 0 fully saturated rings. The molecular formula is C15H10Cl2N2O. The Morgan fingerprint density at radius 3 is 2.55 bits per heavy atom. The average molecular weight is 305 g/mol. The van der Waals surface area contributed by atoms with Crippen molar-refractivity contribution in [3.63, 3.8) is 0 Å². The van der Waals surface area contributed by atoms with Crippen molar-refractivity contribution in [1.82, 2.24) is 0 Å². The van der Waals surface area contributed by atoms with E-state index in [0.717, 1.165) is 11.3 Å². The lowest BCUT2D eigenvalue weighted by atomic mass is 10.1. The number of hydrogen-bond donors (Lipinski definition) is 0. The van der Waals surface area contributed by atoms with Crippen LogP contribution in [0, 0.1) is 0 Å². The quantitative estimate of drug-likeness (QED) is 0.781. The number of anilines is 1. The monoisotopic (exact) mass is 304 g/mol. The van der Waals surface area contributed by atoms with E-state index in [-0.39, 0.29) is 5.91 Å². The summed E-state index contributed by atoms with van der Waals surface area (Å²) in [6.07, 6.45) is 0. The van der Waals surface area contributed by atoms with E-state index in [4.69, 9.17) is 23.2 Å². The number of aliphatic imine (C=N–C) groups is 1. The molecule has 0 radical (unpaired) electrons. The molecule has 0 N–H and O–H groups in total. The molecule has 0 aromatic heterocycles. The first-order valence-electron chi connectivity index (χ1n) is 5.99. The average Bonchev–Trinajstić information content (AvgIpc) is 2.69. The Balaban J connectivity index is 2.12. The Labute approximate surface area is 126 Å². The summed E-state index contributed by atoms with van der Waals surface area (Å²) >= 11 is 11.8. The van der Waals surface area contributed by atoms with E-state index >= 15 is 0 Å². The van der Waals surface area contributed by atoms with Crippen LogP contribution in [0.5, 0.6) is 0 Å². The molecule has 20 heavy (non-hydrogen) atoms. The van der Waals surface area contributed by atoms with Crippen molar-refractivity contribution in [1.29, 1.82) is 0 Å². The molecule has 0 spiro atoms. The molecule has 0 bridgehead atoms. The van der Waals surface area contributed by atoms with Crippen LogP contribution in [0.3, 0.4) is 0 Å². The third-order valence-electron chi connectivity index (χ3n) is 3.17. The van der Waals surface area contributed by atoms with Crippen LogP contribution >= 0.6 is 23.2 Å². The zero-order valence-corrected chi connectivity index (χ0v) is 12.1. The van der Waals surface area contributed by atoms with Gasteiger partial charge in [0.25, 0.3) is 5.91 Å². The molecule has 100 valence electrons. The van der Waals surface area contributed by atoms with Crippen molar-refractivity contribution >= 4 is 46.2 Å². The molecule has 3 nitrogen and oxygen atoms in total. The fourth-order valence-electron chi connectivity index (χ4n) is 2.14. The van der Waals surface area contributed by atoms with Gasteiger partial charge in [-0.3, -0.25) is 4.79 Å². The number of carbonyl (C=O) groups is 1. The molecule has 1 heterocycles. The van der Waals surface area contributed by atoms with Crippen molar-refractivity contribution in [2.45, 2.75) is 0 Å². The minimum atomic E-state index is -0.128. The topological polar surface area (TPSA) is 32.7 Å². The number of likely N-dealkylation sites (N-methyl/N-ethyl adjacent to an activating group) is 1. The molecule has 0 saturated heterocycles. The zero-order valence-electron chi connectivity index (χ0n) is 10.6. The molecule has 1 amide bonds. The van der Waals surface area contributed by atoms with Crippen molar-refractivity contribution < 1.29 is 4.79 Å². The van der Waals surface area contributed by atoms with E-state index in [9.17, 15) is 4.79 Å². The molecule has 0 unspecified atom stereocenters. The van der Waals surface area contributed by atoms with Crippen molar-refractivity contribution in [2.75, 3.05) is 11.9 Å². The molecule has 2 aromatic rings. The van der Waals surface area contributed by atoms with Gasteiger partial charge >= 0.3 is 0 Å². The smallest absolute Gasteiger partial charge is 0.277 e. The molecule has 3 rings (SSSR count). The minimum Gasteiger partial charge on any atom is -0.309 e. The summed E-state index contributed by atoms with van der Waals surface area (Å²) in [5.41, 5.74) is 2.71. The molecular weight excluding hydrogens is 295 g/mol. The lowest BCUT2D eigenvalue weighted by Gasteiger charge is -2.07. The van der Waals surface area contributed by atoms with Gasteiger partial charge in [0.2, 0.25) is 0 Å². The standard InChI is InChI=1S/C15H10Cl2N2O/c1-19-13-5-3-2-4-10(13)14(15(19)20)18-9-6-7-11(16)12(17)8-9/h2-8H,1H3. The number of amides is 1. The number of nitrogens with zero attached hydrogens (tertiary/aromatic N) is 2. The van der Waals surface area contributed by atoms with Crippen molar-refractivity contribution in [2.24, 2.45) is 4.99 Å². The van der Waals surface area contributed by atoms with Gasteiger partial charge in [-0.2, -0.15) is 0 Å². The SMILES string of the molecule is CN1C(=O)C(=Nc2ccc(Cl)c(Cl)c2)c2ccccc21. The molecule has 0 aliphatic carbocycles. The van der Waals surface area contributed by atoms with Crippen LogP contribution in [-0.2, 0) is 4.79 Å². The van der Waals surface area contributed by atoms with Gasteiger partial charge in [0.05, 0.1) is 21.4 Å². The largest absolute Gasteiger partial charge is 0.309 e. The van der Waals surface area contributed by atoms with Gasteiger partial charge in [0, 0.05) is 12.6 Å². The van der Waals surface area contributed by atoms with Crippen molar-refractivity contribution in [3.8, 4) is 0 Å². The zero-order chi connectivity index (χ0) is 14.3. The minimum absolute atomic E-state index is 0.128. The number of halogens is 2. The predicted molar refractivity (Wildman–Crippen MR) is 82.5 cm³/mol. The Kier molecular flexibility index (Phi) is 3.24. The fraction of sp³-hybridized carbons (Fsp3) is 0.0667. The molecule has 0 atom stereocenters. The Morgan fingerprint density at radius 2 is 1.80 bits per heavy atom. The van der Waals surface area contributed by atoms with Crippen LogP contribution < -0.4 is 4.90 Å². The van der Waals surface area contributed by atoms with Gasteiger partial charge in [-0.15, -0.1) is 0 Å². The van der Waals surface area contributed by atoms with E-state index < -0.39 is 0 Å². The number of benzene rings is 2. The second-order valence-corrected chi connectivity index (χ2v) is 5.25. The first kappa shape index (κ1) is 13.2. The van der Waals surface area contributed by atoms with Gasteiger partial charge in [0.1, 0.15) is 5.71 Å². The third kappa shape index (κ3) is 2.09. The number of hydrogen-bond acceptors (Lipinski definition) is 2. The van der Waals surface area contributed by atoms with E-state index in [1.165, 1.54) is 0 Å². The highest BCUT2D eigenvalue weighted by atomic mass is 35.5. The molecule has 1 aliphatic rings. The number of carbonyl (C=O) groups excluding carboxylic acids is 1. The van der Waals surface area contributed by atoms with Crippen LogP contribution in [-0.4, -0.2) is 18.7 Å². The normalized spacial score (nSPS) is 15.8. The highest BCUT2D eigenvalue weighted by Gasteiger charge is 2.30. The first-order chi connectivity index (χ1) is 9.58. The summed E-state index contributed by atoms with van der Waals surface area (Å²) in [4.78, 5) is 18.3. The van der Waals surface area contributed by atoms with E-state index in [1.807, 2.05) is 24.3 Å². The number of rotatable bonds is 1. The molecule has 1 aliphatic heterocycles. The fourth-order valence-corrected chi connectivity index (χ4v) is 2.43. The summed E-state index contributed by atoms with van der Waals surface area (Å²) in [7, 11) is 1.73. The maximum Gasteiger partial charge on any atom is 0.277 e. The first-order valence-corrected chi connectivity index (χ1v) is 6.75. The summed E-state index contributed by atoms with van der Waals surface area (Å²) in [5, 5.41) is 0.881. The Hall–Kier alpha value is -1.84. The molecule has 5 heteroatoms. The number of fused-ring (bicyclic) bond motifs is 1. The Morgan fingerprint density at radius 1 is 1.05 bits per heavy atom. The van der Waals surface area contributed by atoms with E-state index in [1.54, 1.807) is 30.1 Å². The van der Waals surface area contributed by atoms with E-state index in [0.29, 0.717) is 21.4 Å². The summed E-state index contributed by atoms with van der Waals surface area (Å²) in [6.45, 7) is 0.